The molecule has 0 saturated carbocycles. The van der Waals surface area contributed by atoms with Crippen LogP contribution in [0.1, 0.15) is 0 Å². The van der Waals surface area contributed by atoms with Crippen molar-refractivity contribution < 1.29 is 57.0 Å². The topological polar surface area (TPSA) is 116 Å². The number of imide groups is 3. The number of nitrogens with one attached hydrogen (secondary N) is 1. The molecule has 3 amide bonds. The second-order valence-corrected chi connectivity index (χ2v) is 1.29. The van der Waals surface area contributed by atoms with Crippen molar-refractivity contribution in [2.24, 2.45) is 0 Å². The number of carboxylic acid groups (broad SMARTS) is 3. The molecular formula is C3H4AuNO6+4. The summed E-state index contributed by atoms with van der Waals surface area (Å²) < 4.78 is 0. The zero-order valence-electron chi connectivity index (χ0n) is 4.87. The molecule has 0 atom stereocenters. The van der Waals surface area contributed by atoms with Gasteiger partial charge in [-0.05, 0) is 4.90 Å². The molecule has 0 unspecified atom stereocenters. The first-order valence-corrected chi connectivity index (χ1v) is 2.03. The van der Waals surface area contributed by atoms with Crippen LogP contribution in [0.5, 0.6) is 0 Å². The fourth-order valence-corrected chi connectivity index (χ4v) is 0.274. The summed E-state index contributed by atoms with van der Waals surface area (Å²) in [6.07, 6.45) is -5.88. The number of amides is 3. The van der Waals surface area contributed by atoms with Gasteiger partial charge in [0.1, 0.15) is 0 Å². The summed E-state index contributed by atoms with van der Waals surface area (Å²) in [6.45, 7) is 0. The zero-order valence-corrected chi connectivity index (χ0v) is 7.03. The normalized spacial score (nSPS) is 8.45. The summed E-state index contributed by atoms with van der Waals surface area (Å²) in [5, 5.41) is 23.7. The van der Waals surface area contributed by atoms with Gasteiger partial charge in [-0.2, -0.15) is 14.4 Å². The third kappa shape index (κ3) is 3.73. The van der Waals surface area contributed by atoms with Crippen molar-refractivity contribution in [2.75, 3.05) is 0 Å². The van der Waals surface area contributed by atoms with Gasteiger partial charge in [-0.25, -0.2) is 0 Å². The standard InChI is InChI=1S/C3H3NO6.Au/c5-1(6)4(2(7)8)3(9)10;/h(H,5,6)(H,7,8)(H,9,10);/q;+3/p+1. The third-order valence-electron chi connectivity index (χ3n) is 0.642. The van der Waals surface area contributed by atoms with Gasteiger partial charge in [0.15, 0.2) is 0 Å². The van der Waals surface area contributed by atoms with Crippen molar-refractivity contribution in [3.63, 3.8) is 0 Å². The summed E-state index contributed by atoms with van der Waals surface area (Å²) in [5.74, 6) is 0. The van der Waals surface area contributed by atoms with Gasteiger partial charge in [0.05, 0.1) is 0 Å². The van der Waals surface area contributed by atoms with Crippen LogP contribution in [-0.4, -0.2) is 33.6 Å². The van der Waals surface area contributed by atoms with Crippen LogP contribution in [0.4, 0.5) is 14.4 Å². The van der Waals surface area contributed by atoms with E-state index in [4.69, 9.17) is 15.3 Å². The first kappa shape index (κ1) is 12.8. The molecule has 0 aromatic carbocycles. The van der Waals surface area contributed by atoms with Crippen molar-refractivity contribution in [3.8, 4) is 0 Å². The van der Waals surface area contributed by atoms with Gasteiger partial charge in [0.25, 0.3) is 0 Å². The first-order chi connectivity index (χ1) is 4.46. The van der Waals surface area contributed by atoms with Crippen molar-refractivity contribution in [1.29, 1.82) is 0 Å². The fraction of sp³-hybridized carbons (Fsp3) is 0. The fourth-order valence-electron chi connectivity index (χ4n) is 0.274. The molecule has 0 saturated heterocycles. The quantitative estimate of drug-likeness (QED) is 0.414. The molecule has 0 spiro atoms. The van der Waals surface area contributed by atoms with Crippen molar-refractivity contribution >= 4 is 18.3 Å². The average molecular weight is 347 g/mol. The summed E-state index contributed by atoms with van der Waals surface area (Å²) in [4.78, 5) is 27.8. The van der Waals surface area contributed by atoms with E-state index in [-0.39, 0.29) is 22.4 Å². The van der Waals surface area contributed by atoms with Crippen molar-refractivity contribution in [3.05, 3.63) is 0 Å². The first-order valence-electron chi connectivity index (χ1n) is 2.03. The maximum Gasteiger partial charge on any atom is 3.00 e. The Hall–Kier alpha value is -0.890. The van der Waals surface area contributed by atoms with Crippen LogP contribution >= 0.6 is 0 Å². The summed E-state index contributed by atoms with van der Waals surface area (Å²) >= 11 is 0. The van der Waals surface area contributed by atoms with Crippen LogP contribution < -0.4 is 4.90 Å². The number of carbonyl (C=O) groups is 3. The van der Waals surface area contributed by atoms with Crippen LogP contribution in [0, 0.1) is 0 Å². The monoisotopic (exact) mass is 347 g/mol. The predicted octanol–water partition coefficient (Wildman–Crippen LogP) is -1.10. The van der Waals surface area contributed by atoms with E-state index in [0.717, 1.165) is 0 Å². The largest absolute Gasteiger partial charge is 3.00 e. The number of quaternary nitrogens is 1. The van der Waals surface area contributed by atoms with Crippen molar-refractivity contribution in [1.82, 2.24) is 0 Å². The van der Waals surface area contributed by atoms with Gasteiger partial charge in [0, 0.05) is 0 Å². The third-order valence-corrected chi connectivity index (χ3v) is 0.642. The Morgan fingerprint density at radius 1 is 0.818 bits per heavy atom. The molecule has 0 radical (unpaired) electrons. The Bertz CT molecular complexity index is 157. The Balaban J connectivity index is 0. The number of rotatable bonds is 0. The number of hydrogen-bond acceptors (Lipinski definition) is 3. The smallest absolute Gasteiger partial charge is 0.435 e. The predicted molar refractivity (Wildman–Crippen MR) is 25.0 cm³/mol. The van der Waals surface area contributed by atoms with Crippen LogP contribution in [0.15, 0.2) is 0 Å². The Labute approximate surface area is 75.7 Å². The molecule has 0 fully saturated rings. The van der Waals surface area contributed by atoms with E-state index in [9.17, 15) is 14.4 Å². The minimum Gasteiger partial charge on any atom is -0.435 e. The van der Waals surface area contributed by atoms with E-state index in [2.05, 4.69) is 0 Å². The minimum atomic E-state index is -1.96. The molecule has 0 heterocycles. The van der Waals surface area contributed by atoms with Crippen LogP contribution in [0.3, 0.4) is 0 Å². The summed E-state index contributed by atoms with van der Waals surface area (Å²) in [5.41, 5.74) is 0. The Morgan fingerprint density at radius 3 is 1.00 bits per heavy atom. The molecule has 8 heteroatoms. The summed E-state index contributed by atoms with van der Waals surface area (Å²) in [7, 11) is 0. The van der Waals surface area contributed by atoms with Gasteiger partial charge < -0.3 is 15.3 Å². The zero-order chi connectivity index (χ0) is 8.31. The van der Waals surface area contributed by atoms with E-state index in [1.54, 1.807) is 0 Å². The van der Waals surface area contributed by atoms with Gasteiger partial charge in [0.2, 0.25) is 0 Å². The SMILES string of the molecule is O=C(O)[NH+](C(=O)O)C(=O)O.[Au+3]. The van der Waals surface area contributed by atoms with Crippen molar-refractivity contribution in [2.45, 2.75) is 0 Å². The van der Waals surface area contributed by atoms with E-state index in [1.807, 2.05) is 0 Å². The summed E-state index contributed by atoms with van der Waals surface area (Å²) in [6, 6.07) is 0. The molecule has 0 aliphatic rings. The molecular weight excluding hydrogens is 343 g/mol. The van der Waals surface area contributed by atoms with Gasteiger partial charge in [-0.1, -0.05) is 0 Å². The molecule has 0 aromatic heterocycles. The molecule has 7 nitrogen and oxygen atoms in total. The molecule has 64 valence electrons. The van der Waals surface area contributed by atoms with E-state index >= 15 is 0 Å². The van der Waals surface area contributed by atoms with Gasteiger partial charge >= 0.3 is 40.7 Å². The van der Waals surface area contributed by atoms with Crippen LogP contribution in [-0.2, 0) is 22.4 Å². The van der Waals surface area contributed by atoms with Gasteiger partial charge in [-0.3, -0.25) is 0 Å². The molecule has 0 rings (SSSR count). The Kier molecular flexibility index (Phi) is 5.63. The maximum absolute atomic E-state index is 9.78. The molecule has 0 aromatic rings. The molecule has 4 N–H and O–H groups in total. The minimum absolute atomic E-state index is 0. The van der Waals surface area contributed by atoms with Crippen LogP contribution in [0.2, 0.25) is 0 Å². The molecule has 0 aliphatic carbocycles. The van der Waals surface area contributed by atoms with Crippen LogP contribution in [0.25, 0.3) is 0 Å². The molecule has 0 bridgehead atoms. The molecule has 0 aliphatic heterocycles. The van der Waals surface area contributed by atoms with E-state index in [1.165, 1.54) is 0 Å². The maximum atomic E-state index is 9.78. The second-order valence-electron chi connectivity index (χ2n) is 1.29. The van der Waals surface area contributed by atoms with E-state index < -0.39 is 23.2 Å². The Morgan fingerprint density at radius 2 is 1.00 bits per heavy atom. The average Bonchev–Trinajstić information content (AvgIpc) is 1.59. The second kappa shape index (κ2) is 4.85. The van der Waals surface area contributed by atoms with Gasteiger partial charge in [-0.15, -0.1) is 0 Å². The number of hydrogen-bond donors (Lipinski definition) is 4. The van der Waals surface area contributed by atoms with E-state index in [0.29, 0.717) is 0 Å². The molecule has 11 heavy (non-hydrogen) atoms.